The number of aryl methyl sites for hydroxylation is 2. The number of anilines is 1. The van der Waals surface area contributed by atoms with Gasteiger partial charge in [-0.2, -0.15) is 0 Å². The van der Waals surface area contributed by atoms with Crippen LogP contribution in [0.4, 0.5) is 5.82 Å². The molecule has 0 amide bonds. The number of nitrogens with one attached hydrogen (secondary N) is 1. The van der Waals surface area contributed by atoms with Crippen LogP contribution in [0.2, 0.25) is 0 Å². The van der Waals surface area contributed by atoms with Gasteiger partial charge in [-0.05, 0) is 56.6 Å². The van der Waals surface area contributed by atoms with Gasteiger partial charge in [-0.25, -0.2) is 4.98 Å². The van der Waals surface area contributed by atoms with Gasteiger partial charge in [0.05, 0.1) is 0 Å². The molecule has 1 aromatic rings. The van der Waals surface area contributed by atoms with Crippen LogP contribution in [0.1, 0.15) is 37.4 Å². The second kappa shape index (κ2) is 3.51. The molecule has 2 aliphatic carbocycles. The average molecular weight is 202 g/mol. The number of fused-ring (bicyclic) bond motifs is 1. The zero-order chi connectivity index (χ0) is 10.3. The van der Waals surface area contributed by atoms with Crippen molar-refractivity contribution in [2.45, 2.75) is 45.1 Å². The van der Waals surface area contributed by atoms with Gasteiger partial charge >= 0.3 is 0 Å². The molecule has 1 fully saturated rings. The van der Waals surface area contributed by atoms with Crippen LogP contribution in [0.3, 0.4) is 0 Å². The van der Waals surface area contributed by atoms with Crippen LogP contribution in [0.15, 0.2) is 12.1 Å². The maximum atomic E-state index is 4.69. The fourth-order valence-corrected chi connectivity index (χ4v) is 2.45. The summed E-state index contributed by atoms with van der Waals surface area (Å²) < 4.78 is 0. The van der Waals surface area contributed by atoms with Crippen molar-refractivity contribution < 1.29 is 0 Å². The van der Waals surface area contributed by atoms with Crippen molar-refractivity contribution in [3.8, 4) is 0 Å². The molecule has 0 spiro atoms. The van der Waals surface area contributed by atoms with E-state index in [2.05, 4.69) is 24.4 Å². The quantitative estimate of drug-likeness (QED) is 0.815. The van der Waals surface area contributed by atoms with E-state index in [9.17, 15) is 0 Å². The highest BCUT2D eigenvalue weighted by Crippen LogP contribution is 2.34. The van der Waals surface area contributed by atoms with E-state index in [0.717, 1.165) is 11.7 Å². The van der Waals surface area contributed by atoms with Gasteiger partial charge in [0, 0.05) is 11.7 Å². The van der Waals surface area contributed by atoms with Crippen molar-refractivity contribution in [2.24, 2.45) is 5.92 Å². The first-order chi connectivity index (χ1) is 7.33. The third kappa shape index (κ3) is 1.85. The molecule has 1 heterocycles. The average Bonchev–Trinajstić information content (AvgIpc) is 2.98. The Bertz CT molecular complexity index is 369. The lowest BCUT2D eigenvalue weighted by Gasteiger charge is -2.14. The third-order valence-corrected chi connectivity index (χ3v) is 3.63. The first-order valence-corrected chi connectivity index (χ1v) is 6.08. The molecular weight excluding hydrogens is 184 g/mol. The number of aromatic nitrogens is 1. The Hall–Kier alpha value is -1.05. The van der Waals surface area contributed by atoms with Gasteiger partial charge in [0.15, 0.2) is 0 Å². The normalized spacial score (nSPS) is 21.1. The zero-order valence-corrected chi connectivity index (χ0v) is 9.29. The fraction of sp³-hybridized carbons (Fsp3) is 0.615. The molecule has 1 aromatic heterocycles. The Morgan fingerprint density at radius 1 is 1.33 bits per heavy atom. The lowest BCUT2D eigenvalue weighted by atomic mass is 10.2. The molecule has 1 atom stereocenters. The molecule has 1 saturated carbocycles. The SMILES string of the molecule is CC(Nc1ccc2c(n1)CCC2)C1CC1. The van der Waals surface area contributed by atoms with E-state index in [1.807, 2.05) is 0 Å². The van der Waals surface area contributed by atoms with Crippen LogP contribution >= 0.6 is 0 Å². The molecule has 2 heteroatoms. The highest BCUT2D eigenvalue weighted by molar-refractivity contribution is 5.41. The Kier molecular flexibility index (Phi) is 2.15. The van der Waals surface area contributed by atoms with E-state index < -0.39 is 0 Å². The molecule has 0 aromatic carbocycles. The number of pyridine rings is 1. The second-order valence-electron chi connectivity index (χ2n) is 4.93. The summed E-state index contributed by atoms with van der Waals surface area (Å²) in [7, 11) is 0. The molecule has 15 heavy (non-hydrogen) atoms. The molecule has 1 N–H and O–H groups in total. The number of nitrogens with zero attached hydrogens (tertiary/aromatic N) is 1. The van der Waals surface area contributed by atoms with Crippen LogP contribution in [-0.2, 0) is 12.8 Å². The zero-order valence-electron chi connectivity index (χ0n) is 9.29. The van der Waals surface area contributed by atoms with Gasteiger partial charge < -0.3 is 5.32 Å². The lowest BCUT2D eigenvalue weighted by molar-refractivity contribution is 0.690. The van der Waals surface area contributed by atoms with E-state index >= 15 is 0 Å². The Labute approximate surface area is 91.1 Å². The minimum atomic E-state index is 0.594. The van der Waals surface area contributed by atoms with E-state index in [0.29, 0.717) is 6.04 Å². The highest BCUT2D eigenvalue weighted by atomic mass is 15.0. The van der Waals surface area contributed by atoms with E-state index in [1.54, 1.807) is 0 Å². The molecule has 0 saturated heterocycles. The molecule has 0 aliphatic heterocycles. The van der Waals surface area contributed by atoms with Crippen molar-refractivity contribution in [3.63, 3.8) is 0 Å². The van der Waals surface area contributed by atoms with Gasteiger partial charge in [0.2, 0.25) is 0 Å². The van der Waals surface area contributed by atoms with Gasteiger partial charge in [0.25, 0.3) is 0 Å². The minimum Gasteiger partial charge on any atom is -0.367 e. The van der Waals surface area contributed by atoms with Crippen molar-refractivity contribution >= 4 is 5.82 Å². The summed E-state index contributed by atoms with van der Waals surface area (Å²) in [4.78, 5) is 4.69. The number of hydrogen-bond donors (Lipinski definition) is 1. The van der Waals surface area contributed by atoms with E-state index in [-0.39, 0.29) is 0 Å². The first-order valence-electron chi connectivity index (χ1n) is 6.08. The topological polar surface area (TPSA) is 24.9 Å². The Balaban J connectivity index is 1.74. The van der Waals surface area contributed by atoms with Crippen molar-refractivity contribution in [2.75, 3.05) is 5.32 Å². The summed E-state index contributed by atoms with van der Waals surface area (Å²) in [5, 5.41) is 3.52. The van der Waals surface area contributed by atoms with Gasteiger partial charge in [0.1, 0.15) is 5.82 Å². The molecule has 1 unspecified atom stereocenters. The van der Waals surface area contributed by atoms with E-state index in [4.69, 9.17) is 4.98 Å². The largest absolute Gasteiger partial charge is 0.367 e. The summed E-state index contributed by atoms with van der Waals surface area (Å²) in [5.41, 5.74) is 2.78. The Morgan fingerprint density at radius 3 is 3.00 bits per heavy atom. The van der Waals surface area contributed by atoms with Crippen molar-refractivity contribution in [3.05, 3.63) is 23.4 Å². The molecule has 0 radical (unpaired) electrons. The lowest BCUT2D eigenvalue weighted by Crippen LogP contribution is -2.18. The summed E-state index contributed by atoms with van der Waals surface area (Å²) in [6.07, 6.45) is 6.45. The van der Waals surface area contributed by atoms with E-state index in [1.165, 1.54) is 43.4 Å². The summed E-state index contributed by atoms with van der Waals surface area (Å²) in [5.74, 6) is 1.97. The second-order valence-corrected chi connectivity index (χ2v) is 4.93. The number of hydrogen-bond acceptors (Lipinski definition) is 2. The van der Waals surface area contributed by atoms with Crippen LogP contribution in [-0.4, -0.2) is 11.0 Å². The summed E-state index contributed by atoms with van der Waals surface area (Å²) in [6, 6.07) is 4.98. The molecule has 3 rings (SSSR count). The predicted molar refractivity (Wildman–Crippen MR) is 62.1 cm³/mol. The van der Waals surface area contributed by atoms with Crippen molar-refractivity contribution in [1.29, 1.82) is 0 Å². The third-order valence-electron chi connectivity index (χ3n) is 3.63. The van der Waals surface area contributed by atoms with Crippen LogP contribution in [0.5, 0.6) is 0 Å². The predicted octanol–water partition coefficient (Wildman–Crippen LogP) is 2.78. The minimum absolute atomic E-state index is 0.594. The molecule has 2 nitrogen and oxygen atoms in total. The van der Waals surface area contributed by atoms with Crippen LogP contribution in [0.25, 0.3) is 0 Å². The Morgan fingerprint density at radius 2 is 2.20 bits per heavy atom. The maximum absolute atomic E-state index is 4.69. The van der Waals surface area contributed by atoms with Crippen LogP contribution < -0.4 is 5.32 Å². The van der Waals surface area contributed by atoms with Gasteiger partial charge in [-0.15, -0.1) is 0 Å². The summed E-state index contributed by atoms with van der Waals surface area (Å²) >= 11 is 0. The van der Waals surface area contributed by atoms with Gasteiger partial charge in [-0.1, -0.05) is 6.07 Å². The van der Waals surface area contributed by atoms with Gasteiger partial charge in [-0.3, -0.25) is 0 Å². The van der Waals surface area contributed by atoms with Crippen LogP contribution in [0, 0.1) is 5.92 Å². The number of rotatable bonds is 3. The monoisotopic (exact) mass is 202 g/mol. The molecule has 2 aliphatic rings. The maximum Gasteiger partial charge on any atom is 0.126 e. The molecular formula is C13H18N2. The fourth-order valence-electron chi connectivity index (χ4n) is 2.45. The summed E-state index contributed by atoms with van der Waals surface area (Å²) in [6.45, 7) is 2.27. The van der Waals surface area contributed by atoms with Crippen molar-refractivity contribution in [1.82, 2.24) is 4.98 Å². The smallest absolute Gasteiger partial charge is 0.126 e. The molecule has 0 bridgehead atoms. The highest BCUT2D eigenvalue weighted by Gasteiger charge is 2.28. The first kappa shape index (κ1) is 9.20. The molecule has 80 valence electrons. The standard InChI is InChI=1S/C13H18N2/c1-9(10-5-6-10)14-13-8-7-11-3-2-4-12(11)15-13/h7-10H,2-6H2,1H3,(H,14,15).